The minimum absolute atomic E-state index is 0.272. The number of nitrogens with zero attached hydrogens (tertiary/aromatic N) is 4. The third-order valence-electron chi connectivity index (χ3n) is 3.07. The van der Waals surface area contributed by atoms with Gasteiger partial charge in [0.2, 0.25) is 0 Å². The topological polar surface area (TPSA) is 52.7 Å². The summed E-state index contributed by atoms with van der Waals surface area (Å²) in [6.45, 7) is 1.92. The van der Waals surface area contributed by atoms with E-state index in [9.17, 15) is 9.18 Å². The van der Waals surface area contributed by atoms with Crippen LogP contribution in [0.5, 0.6) is 0 Å². The molecular formula is C14H13FN4OS. The Morgan fingerprint density at radius 2 is 2.10 bits per heavy atom. The van der Waals surface area contributed by atoms with Crippen LogP contribution in [0.15, 0.2) is 35.4 Å². The minimum Gasteiger partial charge on any atom is -0.318 e. The van der Waals surface area contributed by atoms with Crippen LogP contribution in [0, 0.1) is 5.82 Å². The van der Waals surface area contributed by atoms with Gasteiger partial charge in [-0.1, -0.05) is 19.1 Å². The fraction of sp³-hybridized carbons (Fsp3) is 0.214. The largest absolute Gasteiger partial charge is 0.318 e. The van der Waals surface area contributed by atoms with Gasteiger partial charge >= 0.3 is 0 Å². The quantitative estimate of drug-likeness (QED) is 0.746. The lowest BCUT2D eigenvalue weighted by Gasteiger charge is -2.11. The molecule has 0 N–H and O–H groups in total. The van der Waals surface area contributed by atoms with Crippen LogP contribution in [0.2, 0.25) is 0 Å². The van der Waals surface area contributed by atoms with Crippen LogP contribution >= 0.6 is 11.9 Å². The van der Waals surface area contributed by atoms with Gasteiger partial charge in [-0.3, -0.25) is 4.79 Å². The molecule has 0 aliphatic heterocycles. The molecule has 0 atom stereocenters. The average molecular weight is 304 g/mol. The van der Waals surface area contributed by atoms with E-state index in [4.69, 9.17) is 0 Å². The SMILES string of the molecule is CCSn1c(-c2ccccc2F)nc2c(ncn2C)c1=O. The molecule has 3 rings (SSSR count). The molecule has 21 heavy (non-hydrogen) atoms. The van der Waals surface area contributed by atoms with Crippen LogP contribution < -0.4 is 5.56 Å². The van der Waals surface area contributed by atoms with Crippen LogP contribution in [0.25, 0.3) is 22.6 Å². The number of aromatic nitrogens is 4. The summed E-state index contributed by atoms with van der Waals surface area (Å²) >= 11 is 1.28. The Balaban J connectivity index is 2.40. The zero-order valence-corrected chi connectivity index (χ0v) is 12.4. The van der Waals surface area contributed by atoms with Gasteiger partial charge in [0.1, 0.15) is 5.82 Å². The molecule has 0 aliphatic carbocycles. The van der Waals surface area contributed by atoms with E-state index in [0.29, 0.717) is 28.3 Å². The molecule has 2 aromatic heterocycles. The van der Waals surface area contributed by atoms with Crippen molar-refractivity contribution < 1.29 is 4.39 Å². The van der Waals surface area contributed by atoms with E-state index < -0.39 is 5.82 Å². The lowest BCUT2D eigenvalue weighted by molar-refractivity contribution is 0.629. The maximum absolute atomic E-state index is 14.1. The number of hydrogen-bond donors (Lipinski definition) is 0. The van der Waals surface area contributed by atoms with E-state index in [1.54, 1.807) is 29.8 Å². The van der Waals surface area contributed by atoms with Crippen molar-refractivity contribution in [1.29, 1.82) is 0 Å². The highest BCUT2D eigenvalue weighted by Crippen LogP contribution is 2.24. The van der Waals surface area contributed by atoms with Crippen LogP contribution in [-0.2, 0) is 7.05 Å². The smallest absolute Gasteiger partial charge is 0.292 e. The molecular weight excluding hydrogens is 291 g/mol. The Morgan fingerprint density at radius 1 is 1.33 bits per heavy atom. The van der Waals surface area contributed by atoms with Crippen molar-refractivity contribution in [2.45, 2.75) is 6.92 Å². The predicted octanol–water partition coefficient (Wildman–Crippen LogP) is 2.45. The van der Waals surface area contributed by atoms with Gasteiger partial charge in [0.05, 0.1) is 11.9 Å². The first kappa shape index (κ1) is 13.8. The molecule has 0 saturated carbocycles. The fourth-order valence-electron chi connectivity index (χ4n) is 2.11. The maximum atomic E-state index is 14.1. The van der Waals surface area contributed by atoms with E-state index in [1.807, 2.05) is 6.92 Å². The van der Waals surface area contributed by atoms with Crippen LogP contribution in [0.3, 0.4) is 0 Å². The zero-order valence-electron chi connectivity index (χ0n) is 11.6. The van der Waals surface area contributed by atoms with Gasteiger partial charge in [0.25, 0.3) is 5.56 Å². The van der Waals surface area contributed by atoms with Crippen LogP contribution in [0.1, 0.15) is 6.92 Å². The molecule has 0 spiro atoms. The summed E-state index contributed by atoms with van der Waals surface area (Å²) in [5.74, 6) is 0.568. The lowest BCUT2D eigenvalue weighted by atomic mass is 10.2. The van der Waals surface area contributed by atoms with Gasteiger partial charge in [-0.25, -0.2) is 18.3 Å². The summed E-state index contributed by atoms with van der Waals surface area (Å²) in [7, 11) is 1.75. The summed E-state index contributed by atoms with van der Waals surface area (Å²) < 4.78 is 17.1. The first-order valence-corrected chi connectivity index (χ1v) is 7.40. The van der Waals surface area contributed by atoms with Crippen molar-refractivity contribution in [3.8, 4) is 11.4 Å². The van der Waals surface area contributed by atoms with Gasteiger partial charge in [0.15, 0.2) is 17.0 Å². The Kier molecular flexibility index (Phi) is 3.50. The minimum atomic E-state index is -0.406. The number of benzene rings is 1. The molecule has 0 unspecified atom stereocenters. The van der Waals surface area contributed by atoms with Crippen molar-refractivity contribution in [1.82, 2.24) is 18.5 Å². The molecule has 3 aromatic rings. The number of imidazole rings is 1. The number of aryl methyl sites for hydroxylation is 1. The number of rotatable bonds is 3. The van der Waals surface area contributed by atoms with Gasteiger partial charge in [-0.2, -0.15) is 0 Å². The second-order valence-corrected chi connectivity index (χ2v) is 5.66. The molecule has 1 aromatic carbocycles. The van der Waals surface area contributed by atoms with Gasteiger partial charge in [-0.15, -0.1) is 0 Å². The summed E-state index contributed by atoms with van der Waals surface area (Å²) in [6, 6.07) is 6.30. The summed E-state index contributed by atoms with van der Waals surface area (Å²) in [6.07, 6.45) is 1.53. The van der Waals surface area contributed by atoms with Crippen LogP contribution in [0.4, 0.5) is 4.39 Å². The number of fused-ring (bicyclic) bond motifs is 1. The summed E-state index contributed by atoms with van der Waals surface area (Å²) in [5, 5.41) is 0. The molecule has 7 heteroatoms. The van der Waals surface area contributed by atoms with E-state index >= 15 is 0 Å². The van der Waals surface area contributed by atoms with Gasteiger partial charge in [-0.05, 0) is 24.1 Å². The summed E-state index contributed by atoms with van der Waals surface area (Å²) in [5.41, 5.74) is 0.772. The monoisotopic (exact) mass is 304 g/mol. The van der Waals surface area contributed by atoms with Crippen molar-refractivity contribution in [2.24, 2.45) is 7.05 Å². The Labute approximate surface area is 124 Å². The van der Waals surface area contributed by atoms with Crippen LogP contribution in [-0.4, -0.2) is 24.3 Å². The van der Waals surface area contributed by atoms with Crippen molar-refractivity contribution in [2.75, 3.05) is 5.75 Å². The predicted molar refractivity (Wildman–Crippen MR) is 81.7 cm³/mol. The van der Waals surface area contributed by atoms with E-state index in [2.05, 4.69) is 9.97 Å². The highest BCUT2D eigenvalue weighted by Gasteiger charge is 2.18. The van der Waals surface area contributed by atoms with Crippen molar-refractivity contribution >= 4 is 23.1 Å². The van der Waals surface area contributed by atoms with E-state index in [-0.39, 0.29) is 5.56 Å². The lowest BCUT2D eigenvalue weighted by Crippen LogP contribution is -2.20. The average Bonchev–Trinajstić information content (AvgIpc) is 2.84. The Morgan fingerprint density at radius 3 is 2.81 bits per heavy atom. The van der Waals surface area contributed by atoms with Crippen molar-refractivity contribution in [3.05, 3.63) is 46.8 Å². The second-order valence-electron chi connectivity index (χ2n) is 4.46. The highest BCUT2D eigenvalue weighted by molar-refractivity contribution is 7.97. The Bertz CT molecular complexity index is 871. The number of halogens is 1. The van der Waals surface area contributed by atoms with Gasteiger partial charge < -0.3 is 4.57 Å². The molecule has 2 heterocycles. The molecule has 0 bridgehead atoms. The molecule has 5 nitrogen and oxygen atoms in total. The van der Waals surface area contributed by atoms with Crippen molar-refractivity contribution in [3.63, 3.8) is 0 Å². The number of hydrogen-bond acceptors (Lipinski definition) is 4. The molecule has 0 amide bonds. The normalized spacial score (nSPS) is 11.2. The van der Waals surface area contributed by atoms with Gasteiger partial charge in [0, 0.05) is 12.8 Å². The standard InChI is InChI=1S/C14H13FN4OS/c1-3-21-19-12(9-6-4-5-7-10(9)15)17-13-11(14(19)20)16-8-18(13)2/h4-8H,3H2,1-2H3. The first-order chi connectivity index (χ1) is 10.1. The highest BCUT2D eigenvalue weighted by atomic mass is 32.2. The molecule has 0 radical (unpaired) electrons. The molecule has 108 valence electrons. The third kappa shape index (κ3) is 2.23. The van der Waals surface area contributed by atoms with E-state index in [1.165, 1.54) is 28.3 Å². The molecule has 0 aliphatic rings. The Hall–Kier alpha value is -2.15. The molecule has 0 fully saturated rings. The first-order valence-electron chi connectivity index (χ1n) is 6.45. The second kappa shape index (κ2) is 5.33. The third-order valence-corrected chi connectivity index (χ3v) is 3.93. The maximum Gasteiger partial charge on any atom is 0.292 e. The van der Waals surface area contributed by atoms with E-state index in [0.717, 1.165) is 0 Å². The molecule has 0 saturated heterocycles. The zero-order chi connectivity index (χ0) is 15.0. The fourth-order valence-corrected chi connectivity index (χ4v) is 2.83. The summed E-state index contributed by atoms with van der Waals surface area (Å²) in [4.78, 5) is 21.1.